The number of ether oxygens (including phenoxy) is 1. The SMILES string of the molecule is O=C1N[C@H](C(=O)NCCc2c[nH]c3ccccc23)CC(=O)N2CCC[C@@H]2C(=O)N[C@@H](Cc2ccccc2)C(=O)NCCCOc2ccccc21. The topological polar surface area (TPSA) is 162 Å². The highest BCUT2D eigenvalue weighted by Gasteiger charge is 2.38. The third-order valence-corrected chi connectivity index (χ3v) is 9.17. The molecule has 3 heterocycles. The van der Waals surface area contributed by atoms with Gasteiger partial charge in [0.05, 0.1) is 18.6 Å². The van der Waals surface area contributed by atoms with Gasteiger partial charge in [0, 0.05) is 43.2 Å². The summed E-state index contributed by atoms with van der Waals surface area (Å²) in [5.41, 5.74) is 3.11. The van der Waals surface area contributed by atoms with Crippen LogP contribution in [0.1, 0.15) is 47.2 Å². The number of aromatic amines is 1. The van der Waals surface area contributed by atoms with Gasteiger partial charge in [0.25, 0.3) is 5.91 Å². The summed E-state index contributed by atoms with van der Waals surface area (Å²) in [7, 11) is 0. The van der Waals surface area contributed by atoms with Gasteiger partial charge >= 0.3 is 0 Å². The van der Waals surface area contributed by atoms with Crippen LogP contribution in [0.3, 0.4) is 0 Å². The predicted molar refractivity (Wildman–Crippen MR) is 187 cm³/mol. The number of benzene rings is 3. The van der Waals surface area contributed by atoms with Crippen LogP contribution in [-0.2, 0) is 32.0 Å². The molecule has 6 rings (SSSR count). The Bertz CT molecular complexity index is 1840. The summed E-state index contributed by atoms with van der Waals surface area (Å²) in [6.45, 7) is 1.07. The van der Waals surface area contributed by atoms with E-state index in [4.69, 9.17) is 4.74 Å². The van der Waals surface area contributed by atoms with E-state index in [1.165, 1.54) is 4.90 Å². The molecule has 1 fully saturated rings. The molecule has 1 saturated heterocycles. The van der Waals surface area contributed by atoms with Gasteiger partial charge in [-0.15, -0.1) is 0 Å². The molecule has 12 nitrogen and oxygen atoms in total. The fourth-order valence-corrected chi connectivity index (χ4v) is 6.55. The largest absolute Gasteiger partial charge is 0.493 e. The van der Waals surface area contributed by atoms with Crippen molar-refractivity contribution in [3.63, 3.8) is 0 Å². The summed E-state index contributed by atoms with van der Waals surface area (Å²) in [4.78, 5) is 72.8. The zero-order valence-corrected chi connectivity index (χ0v) is 27.8. The van der Waals surface area contributed by atoms with Crippen LogP contribution in [-0.4, -0.2) is 83.8 Å². The average molecular weight is 679 g/mol. The number of nitrogens with one attached hydrogen (secondary N) is 5. The number of aromatic nitrogens is 1. The van der Waals surface area contributed by atoms with Gasteiger partial charge in [-0.3, -0.25) is 24.0 Å². The minimum absolute atomic E-state index is 0.202. The monoisotopic (exact) mass is 678 g/mol. The second-order valence-corrected chi connectivity index (χ2v) is 12.6. The van der Waals surface area contributed by atoms with E-state index in [0.717, 1.165) is 22.0 Å². The van der Waals surface area contributed by atoms with Crippen LogP contribution < -0.4 is 26.0 Å². The lowest BCUT2D eigenvalue weighted by molar-refractivity contribution is -0.140. The second kappa shape index (κ2) is 16.2. The first-order valence-electron chi connectivity index (χ1n) is 17.1. The molecule has 0 radical (unpaired) electrons. The molecule has 0 bridgehead atoms. The Morgan fingerprint density at radius 2 is 1.66 bits per heavy atom. The van der Waals surface area contributed by atoms with Crippen molar-refractivity contribution < 1.29 is 28.7 Å². The van der Waals surface area contributed by atoms with Gasteiger partial charge in [0.2, 0.25) is 23.6 Å². The lowest BCUT2D eigenvalue weighted by atomic mass is 10.0. The summed E-state index contributed by atoms with van der Waals surface area (Å²) >= 11 is 0. The van der Waals surface area contributed by atoms with Crippen molar-refractivity contribution in [2.45, 2.75) is 56.7 Å². The van der Waals surface area contributed by atoms with Crippen molar-refractivity contribution in [3.8, 4) is 5.75 Å². The molecule has 0 saturated carbocycles. The first-order chi connectivity index (χ1) is 24.4. The number of H-pyrrole nitrogens is 1. The van der Waals surface area contributed by atoms with Crippen molar-refractivity contribution in [1.29, 1.82) is 0 Å². The molecule has 4 aromatic rings. The maximum Gasteiger partial charge on any atom is 0.255 e. The van der Waals surface area contributed by atoms with E-state index in [1.807, 2.05) is 60.8 Å². The smallest absolute Gasteiger partial charge is 0.255 e. The van der Waals surface area contributed by atoms with Crippen molar-refractivity contribution in [2.24, 2.45) is 0 Å². The molecule has 5 amide bonds. The molecule has 50 heavy (non-hydrogen) atoms. The highest BCUT2D eigenvalue weighted by molar-refractivity contribution is 6.01. The molecule has 2 aliphatic heterocycles. The highest BCUT2D eigenvalue weighted by atomic mass is 16.5. The van der Waals surface area contributed by atoms with Crippen molar-refractivity contribution in [2.75, 3.05) is 26.2 Å². The molecule has 12 heteroatoms. The van der Waals surface area contributed by atoms with Gasteiger partial charge in [0.15, 0.2) is 0 Å². The highest BCUT2D eigenvalue weighted by Crippen LogP contribution is 2.22. The first-order valence-corrected chi connectivity index (χ1v) is 17.1. The number of carbonyl (C=O) groups excluding carboxylic acids is 5. The zero-order valence-electron chi connectivity index (χ0n) is 27.8. The van der Waals surface area contributed by atoms with Crippen LogP contribution in [0.25, 0.3) is 10.9 Å². The van der Waals surface area contributed by atoms with E-state index in [9.17, 15) is 24.0 Å². The number of nitrogens with zero attached hydrogens (tertiary/aromatic N) is 1. The summed E-state index contributed by atoms with van der Waals surface area (Å²) in [5.74, 6) is -2.00. The average Bonchev–Trinajstić information content (AvgIpc) is 3.79. The van der Waals surface area contributed by atoms with Gasteiger partial charge in [-0.1, -0.05) is 60.7 Å². The third kappa shape index (κ3) is 8.31. The maximum atomic E-state index is 13.9. The third-order valence-electron chi connectivity index (χ3n) is 9.17. The molecule has 0 aliphatic carbocycles. The molecular formula is C38H42N6O6. The molecule has 0 unspecified atom stereocenters. The number of amides is 5. The van der Waals surface area contributed by atoms with Crippen LogP contribution in [0.2, 0.25) is 0 Å². The minimum atomic E-state index is -1.22. The van der Waals surface area contributed by atoms with Crippen molar-refractivity contribution >= 4 is 40.4 Å². The normalized spacial score (nSPS) is 20.7. The molecule has 1 aromatic heterocycles. The summed E-state index contributed by atoms with van der Waals surface area (Å²) in [5, 5.41) is 12.5. The number of carbonyl (C=O) groups is 5. The Labute approximate surface area is 290 Å². The number of rotatable bonds is 6. The molecule has 3 atom stereocenters. The standard InChI is InChI=1S/C38H42N6O6/c45-34-23-31(37(48)40-19-17-26-24-41-29-14-6-4-12-27(26)29)42-35(46)28-13-5-7-16-33(28)50-21-9-18-39-36(47)30(22-25-10-2-1-3-11-25)43-38(49)32-15-8-20-44(32)34/h1-7,10-14,16,24,30-32,41H,8-9,15,17-23H2,(H,39,47)(H,40,48)(H,42,46)(H,43,49)/t30-,31-,32+/m0/s1. The quantitative estimate of drug-likeness (QED) is 0.211. The van der Waals surface area contributed by atoms with E-state index >= 15 is 0 Å². The van der Waals surface area contributed by atoms with Gasteiger partial charge in [-0.2, -0.15) is 0 Å². The van der Waals surface area contributed by atoms with Crippen LogP contribution >= 0.6 is 0 Å². The van der Waals surface area contributed by atoms with Crippen molar-refractivity contribution in [3.05, 3.63) is 102 Å². The molecule has 0 spiro atoms. The molecule has 260 valence electrons. The first kappa shape index (κ1) is 34.2. The van der Waals surface area contributed by atoms with Crippen LogP contribution in [0, 0.1) is 0 Å². The van der Waals surface area contributed by atoms with Crippen LogP contribution in [0.5, 0.6) is 5.75 Å². The molecule has 3 aromatic carbocycles. The Hall–Kier alpha value is -5.65. The van der Waals surface area contributed by atoms with Crippen LogP contribution in [0.15, 0.2) is 85.1 Å². The zero-order chi connectivity index (χ0) is 34.9. The predicted octanol–water partition coefficient (Wildman–Crippen LogP) is 2.63. The van der Waals surface area contributed by atoms with E-state index in [-0.39, 0.29) is 44.0 Å². The Balaban J connectivity index is 1.22. The van der Waals surface area contributed by atoms with E-state index in [0.29, 0.717) is 38.0 Å². The Morgan fingerprint density at radius 1 is 0.880 bits per heavy atom. The van der Waals surface area contributed by atoms with Gasteiger partial charge < -0.3 is 35.9 Å². The number of hydrogen-bond acceptors (Lipinski definition) is 6. The van der Waals surface area contributed by atoms with E-state index < -0.39 is 41.8 Å². The van der Waals surface area contributed by atoms with E-state index in [2.05, 4.69) is 26.3 Å². The van der Waals surface area contributed by atoms with Gasteiger partial charge in [-0.25, -0.2) is 0 Å². The summed E-state index contributed by atoms with van der Waals surface area (Å²) in [6.07, 6.45) is 3.80. The lowest BCUT2D eigenvalue weighted by Crippen LogP contribution is -2.55. The fourth-order valence-electron chi connectivity index (χ4n) is 6.55. The van der Waals surface area contributed by atoms with Gasteiger partial charge in [0.1, 0.15) is 23.9 Å². The molecular weight excluding hydrogens is 636 g/mol. The molecule has 2 aliphatic rings. The lowest BCUT2D eigenvalue weighted by Gasteiger charge is -2.28. The van der Waals surface area contributed by atoms with E-state index in [1.54, 1.807) is 24.3 Å². The van der Waals surface area contributed by atoms with Gasteiger partial charge in [-0.05, 0) is 55.0 Å². The van der Waals surface area contributed by atoms with Crippen molar-refractivity contribution in [1.82, 2.24) is 31.2 Å². The Morgan fingerprint density at radius 3 is 2.52 bits per heavy atom. The second-order valence-electron chi connectivity index (χ2n) is 12.6. The number of fused-ring (bicyclic) bond motifs is 3. The van der Waals surface area contributed by atoms with Crippen LogP contribution in [0.4, 0.5) is 0 Å². The number of hydrogen-bond donors (Lipinski definition) is 5. The Kier molecular flexibility index (Phi) is 11.1. The number of para-hydroxylation sites is 2. The summed E-state index contributed by atoms with van der Waals surface area (Å²) in [6, 6.07) is 21.1. The fraction of sp³-hybridized carbons (Fsp3) is 0.342. The molecule has 5 N–H and O–H groups in total. The minimum Gasteiger partial charge on any atom is -0.493 e. The maximum absolute atomic E-state index is 13.9. The summed E-state index contributed by atoms with van der Waals surface area (Å²) < 4.78 is 5.93.